The van der Waals surface area contributed by atoms with Crippen LogP contribution in [0.25, 0.3) is 0 Å². The number of ether oxygens (including phenoxy) is 1. The van der Waals surface area contributed by atoms with Gasteiger partial charge in [-0.05, 0) is 50.2 Å². The van der Waals surface area contributed by atoms with E-state index in [2.05, 4.69) is 31.4 Å². The van der Waals surface area contributed by atoms with Crippen LogP contribution >= 0.6 is 27.7 Å². The molecule has 0 aliphatic carbocycles. The minimum atomic E-state index is -0.181. The van der Waals surface area contributed by atoms with Gasteiger partial charge in [-0.1, -0.05) is 39.8 Å². The highest BCUT2D eigenvalue weighted by Crippen LogP contribution is 2.20. The van der Waals surface area contributed by atoms with E-state index in [1.54, 1.807) is 24.3 Å². The normalized spacial score (nSPS) is 10.6. The zero-order valence-corrected chi connectivity index (χ0v) is 19.0. The van der Waals surface area contributed by atoms with Crippen LogP contribution in [0, 0.1) is 0 Å². The molecule has 0 aliphatic rings. The second-order valence-corrected chi connectivity index (χ2v) is 8.22. The van der Waals surface area contributed by atoms with Crippen LogP contribution in [0.15, 0.2) is 58.2 Å². The Morgan fingerprint density at radius 3 is 2.63 bits per heavy atom. The average Bonchev–Trinajstić information content (AvgIpc) is 3.14. The van der Waals surface area contributed by atoms with Crippen molar-refractivity contribution in [3.63, 3.8) is 0 Å². The van der Waals surface area contributed by atoms with E-state index in [0.29, 0.717) is 28.8 Å². The lowest BCUT2D eigenvalue weighted by atomic mass is 10.1. The first-order valence-corrected chi connectivity index (χ1v) is 11.1. The lowest BCUT2D eigenvalue weighted by Crippen LogP contribution is -2.15. The van der Waals surface area contributed by atoms with E-state index in [-0.39, 0.29) is 24.1 Å². The number of rotatable bonds is 9. The first kappa shape index (κ1) is 22.0. The minimum Gasteiger partial charge on any atom is -0.486 e. The molecule has 0 unspecified atom stereocenters. The molecule has 0 aliphatic heterocycles. The number of Topliss-reactive ketones (excluding diaryl/α,β-unsaturated/α-hetero) is 1. The highest BCUT2D eigenvalue weighted by molar-refractivity contribution is 9.10. The molecule has 0 fully saturated rings. The van der Waals surface area contributed by atoms with E-state index in [1.807, 2.05) is 35.8 Å². The largest absolute Gasteiger partial charge is 0.486 e. The van der Waals surface area contributed by atoms with Gasteiger partial charge < -0.3 is 14.6 Å². The third-order valence-corrected chi connectivity index (χ3v) is 5.67. The maximum absolute atomic E-state index is 12.3. The second-order valence-electron chi connectivity index (χ2n) is 6.36. The van der Waals surface area contributed by atoms with Crippen LogP contribution in [0.1, 0.15) is 30.0 Å². The first-order valence-electron chi connectivity index (χ1n) is 9.30. The number of anilines is 1. The van der Waals surface area contributed by atoms with Crippen LogP contribution in [0.5, 0.6) is 5.75 Å². The molecule has 1 amide bonds. The maximum atomic E-state index is 12.3. The van der Waals surface area contributed by atoms with Gasteiger partial charge in [0.05, 0.1) is 5.75 Å². The van der Waals surface area contributed by atoms with Crippen molar-refractivity contribution < 1.29 is 14.3 Å². The zero-order valence-electron chi connectivity index (χ0n) is 16.6. The number of thioether (sulfide) groups is 1. The van der Waals surface area contributed by atoms with E-state index >= 15 is 0 Å². The molecule has 7 nitrogen and oxygen atoms in total. The van der Waals surface area contributed by atoms with Crippen LogP contribution in [0.3, 0.4) is 0 Å². The summed E-state index contributed by atoms with van der Waals surface area (Å²) in [4.78, 5) is 23.8. The van der Waals surface area contributed by atoms with E-state index in [0.717, 1.165) is 10.2 Å². The highest BCUT2D eigenvalue weighted by Gasteiger charge is 2.14. The van der Waals surface area contributed by atoms with Crippen molar-refractivity contribution in [2.24, 2.45) is 0 Å². The van der Waals surface area contributed by atoms with Crippen molar-refractivity contribution in [2.45, 2.75) is 32.2 Å². The summed E-state index contributed by atoms with van der Waals surface area (Å²) in [6, 6.07) is 14.4. The number of nitrogens with zero attached hydrogens (tertiary/aromatic N) is 3. The van der Waals surface area contributed by atoms with Crippen LogP contribution in [-0.4, -0.2) is 32.2 Å². The molecule has 156 valence electrons. The summed E-state index contributed by atoms with van der Waals surface area (Å²) in [6.07, 6.45) is 0. The summed E-state index contributed by atoms with van der Waals surface area (Å²) in [7, 11) is 0. The Bertz CT molecular complexity index is 1040. The first-order chi connectivity index (χ1) is 14.5. The maximum Gasteiger partial charge on any atom is 0.234 e. The number of amides is 1. The van der Waals surface area contributed by atoms with Crippen molar-refractivity contribution in [1.82, 2.24) is 14.8 Å². The molecule has 1 heterocycles. The predicted molar refractivity (Wildman–Crippen MR) is 120 cm³/mol. The molecule has 0 saturated heterocycles. The van der Waals surface area contributed by atoms with Gasteiger partial charge >= 0.3 is 0 Å². The molecule has 3 rings (SSSR count). The van der Waals surface area contributed by atoms with Gasteiger partial charge in [-0.15, -0.1) is 10.2 Å². The quantitative estimate of drug-likeness (QED) is 0.350. The van der Waals surface area contributed by atoms with Crippen molar-refractivity contribution in [2.75, 3.05) is 11.1 Å². The number of hydrogen-bond acceptors (Lipinski definition) is 6. The number of aromatic nitrogens is 3. The van der Waals surface area contributed by atoms with Gasteiger partial charge in [0.2, 0.25) is 5.91 Å². The van der Waals surface area contributed by atoms with Gasteiger partial charge in [0.25, 0.3) is 0 Å². The molecule has 0 spiro atoms. The molecule has 0 bridgehead atoms. The van der Waals surface area contributed by atoms with Crippen molar-refractivity contribution in [1.29, 1.82) is 0 Å². The van der Waals surface area contributed by atoms with Gasteiger partial charge in [-0.25, -0.2) is 0 Å². The number of hydrogen-bond donors (Lipinski definition) is 1. The Morgan fingerprint density at radius 1 is 1.17 bits per heavy atom. The van der Waals surface area contributed by atoms with E-state index in [4.69, 9.17) is 4.74 Å². The number of carbonyl (C=O) groups is 2. The van der Waals surface area contributed by atoms with Crippen LogP contribution in [0.4, 0.5) is 5.69 Å². The Kier molecular flexibility index (Phi) is 7.64. The lowest BCUT2D eigenvalue weighted by Gasteiger charge is -2.09. The average molecular weight is 489 g/mol. The van der Waals surface area contributed by atoms with Gasteiger partial charge in [0.15, 0.2) is 16.8 Å². The fourth-order valence-electron chi connectivity index (χ4n) is 2.67. The summed E-state index contributed by atoms with van der Waals surface area (Å²) in [5, 5.41) is 11.9. The van der Waals surface area contributed by atoms with Crippen molar-refractivity contribution >= 4 is 45.1 Å². The van der Waals surface area contributed by atoms with Gasteiger partial charge in [0.1, 0.15) is 12.4 Å². The lowest BCUT2D eigenvalue weighted by molar-refractivity contribution is -0.113. The molecule has 1 N–H and O–H groups in total. The third-order valence-electron chi connectivity index (χ3n) is 4.18. The smallest absolute Gasteiger partial charge is 0.234 e. The molecule has 0 atom stereocenters. The SMILES string of the molecule is CCn1c(COc2ccc(Br)cc2)nnc1SCC(=O)Nc1cccc(C(C)=O)c1. The number of ketones is 1. The van der Waals surface area contributed by atoms with E-state index < -0.39 is 0 Å². The molecule has 2 aromatic carbocycles. The molecule has 1 aromatic heterocycles. The zero-order chi connectivity index (χ0) is 21.5. The summed E-state index contributed by atoms with van der Waals surface area (Å²) in [6.45, 7) is 4.43. The summed E-state index contributed by atoms with van der Waals surface area (Å²) < 4.78 is 8.68. The molecule has 9 heteroatoms. The van der Waals surface area contributed by atoms with Gasteiger partial charge in [0, 0.05) is 22.3 Å². The van der Waals surface area contributed by atoms with E-state index in [9.17, 15) is 9.59 Å². The Labute approximate surface area is 187 Å². The molecular weight excluding hydrogens is 468 g/mol. The van der Waals surface area contributed by atoms with Crippen LogP contribution in [0.2, 0.25) is 0 Å². The number of carbonyl (C=O) groups excluding carboxylic acids is 2. The number of nitrogens with one attached hydrogen (secondary N) is 1. The Hall–Kier alpha value is -2.65. The number of benzene rings is 2. The fourth-order valence-corrected chi connectivity index (χ4v) is 3.76. The summed E-state index contributed by atoms with van der Waals surface area (Å²) >= 11 is 4.70. The van der Waals surface area contributed by atoms with Crippen LogP contribution in [-0.2, 0) is 17.9 Å². The summed E-state index contributed by atoms with van der Waals surface area (Å²) in [5.41, 5.74) is 1.15. The molecule has 0 radical (unpaired) electrons. The minimum absolute atomic E-state index is 0.0468. The Balaban J connectivity index is 1.57. The standard InChI is InChI=1S/C21H21BrN4O3S/c1-3-26-19(12-29-18-9-7-16(22)8-10-18)24-25-21(26)30-13-20(28)23-17-6-4-5-15(11-17)14(2)27/h4-11H,3,12-13H2,1-2H3,(H,23,28). The van der Waals surface area contributed by atoms with Crippen molar-refractivity contribution in [3.8, 4) is 5.75 Å². The third kappa shape index (κ3) is 5.93. The van der Waals surface area contributed by atoms with Crippen molar-refractivity contribution in [3.05, 3.63) is 64.4 Å². The molecule has 30 heavy (non-hydrogen) atoms. The fraction of sp³-hybridized carbons (Fsp3) is 0.238. The predicted octanol–water partition coefficient (Wildman–Crippen LogP) is 4.57. The number of halogens is 1. The monoisotopic (exact) mass is 488 g/mol. The molecule has 3 aromatic rings. The second kappa shape index (κ2) is 10.4. The van der Waals surface area contributed by atoms with Crippen LogP contribution < -0.4 is 10.1 Å². The Morgan fingerprint density at radius 2 is 1.93 bits per heavy atom. The molecular formula is C21H21BrN4O3S. The van der Waals surface area contributed by atoms with Gasteiger partial charge in [-0.2, -0.15) is 0 Å². The summed E-state index contributed by atoms with van der Waals surface area (Å²) in [5.74, 6) is 1.38. The van der Waals surface area contributed by atoms with E-state index in [1.165, 1.54) is 18.7 Å². The molecule has 0 saturated carbocycles. The highest BCUT2D eigenvalue weighted by atomic mass is 79.9. The van der Waals surface area contributed by atoms with Gasteiger partial charge in [-0.3, -0.25) is 9.59 Å². The topological polar surface area (TPSA) is 86.1 Å².